The summed E-state index contributed by atoms with van der Waals surface area (Å²) in [6.07, 6.45) is 2.01. The van der Waals surface area contributed by atoms with Gasteiger partial charge in [0.25, 0.3) is 0 Å². The predicted molar refractivity (Wildman–Crippen MR) is 140 cm³/mol. The number of hydrogen-bond acceptors (Lipinski definition) is 7. The Morgan fingerprint density at radius 3 is 2.54 bits per heavy atom. The highest BCUT2D eigenvalue weighted by Gasteiger charge is 2.23. The summed E-state index contributed by atoms with van der Waals surface area (Å²) in [7, 11) is -1.73. The fourth-order valence-electron chi connectivity index (χ4n) is 3.77. The average molecular weight is 510 g/mol. The Bertz CT molecular complexity index is 1400. The van der Waals surface area contributed by atoms with Gasteiger partial charge in [0.15, 0.2) is 15.0 Å². The zero-order valence-electron chi connectivity index (χ0n) is 19.7. The Morgan fingerprint density at radius 1 is 1.06 bits per heavy atom. The van der Waals surface area contributed by atoms with Crippen molar-refractivity contribution < 1.29 is 17.9 Å². The zero-order chi connectivity index (χ0) is 24.8. The Hall–Kier alpha value is -3.30. The molecular formula is C26H27N3O4S2. The van der Waals surface area contributed by atoms with E-state index < -0.39 is 9.84 Å². The van der Waals surface area contributed by atoms with Crippen molar-refractivity contribution >= 4 is 42.4 Å². The fraction of sp³-hybridized carbons (Fsp3) is 0.269. The van der Waals surface area contributed by atoms with E-state index in [0.717, 1.165) is 21.5 Å². The van der Waals surface area contributed by atoms with Gasteiger partial charge in [0.1, 0.15) is 11.3 Å². The number of carbonyl (C=O) groups excluding carboxylic acids is 1. The maximum absolute atomic E-state index is 13.3. The topological polar surface area (TPSA) is 89.5 Å². The van der Waals surface area contributed by atoms with Crippen LogP contribution in [-0.4, -0.2) is 37.2 Å². The molecule has 0 aliphatic heterocycles. The lowest BCUT2D eigenvalue weighted by Gasteiger charge is -2.19. The molecule has 0 aliphatic rings. The second kappa shape index (κ2) is 11.0. The van der Waals surface area contributed by atoms with Crippen LogP contribution >= 0.6 is 11.3 Å². The van der Waals surface area contributed by atoms with E-state index >= 15 is 0 Å². The first-order valence-electron chi connectivity index (χ1n) is 11.2. The molecule has 9 heteroatoms. The summed E-state index contributed by atoms with van der Waals surface area (Å²) in [5.74, 6) is 0.362. The van der Waals surface area contributed by atoms with Gasteiger partial charge in [0.2, 0.25) is 5.91 Å². The molecule has 2 aromatic carbocycles. The largest absolute Gasteiger partial charge is 0.494 e. The molecule has 0 radical (unpaired) electrons. The van der Waals surface area contributed by atoms with E-state index in [0.29, 0.717) is 16.4 Å². The first kappa shape index (κ1) is 24.8. The highest BCUT2D eigenvalue weighted by atomic mass is 32.2. The third-order valence-electron chi connectivity index (χ3n) is 5.57. The van der Waals surface area contributed by atoms with Crippen molar-refractivity contribution in [1.82, 2.24) is 9.97 Å². The minimum atomic E-state index is -3.33. The molecule has 182 valence electrons. The van der Waals surface area contributed by atoms with E-state index in [9.17, 15) is 13.2 Å². The second-order valence-electron chi connectivity index (χ2n) is 8.24. The van der Waals surface area contributed by atoms with Gasteiger partial charge in [-0.15, -0.1) is 0 Å². The molecule has 2 heterocycles. The monoisotopic (exact) mass is 509 g/mol. The van der Waals surface area contributed by atoms with Crippen LogP contribution in [-0.2, 0) is 26.9 Å². The van der Waals surface area contributed by atoms with Gasteiger partial charge in [0.05, 0.1) is 35.6 Å². The first-order chi connectivity index (χ1) is 16.9. The van der Waals surface area contributed by atoms with Crippen LogP contribution in [0.4, 0.5) is 5.13 Å². The molecule has 0 unspecified atom stereocenters. The van der Waals surface area contributed by atoms with E-state index in [-0.39, 0.29) is 36.8 Å². The van der Waals surface area contributed by atoms with Gasteiger partial charge < -0.3 is 4.74 Å². The molecule has 0 spiro atoms. The molecule has 0 fully saturated rings. The minimum absolute atomic E-state index is 0.0311. The highest BCUT2D eigenvalue weighted by molar-refractivity contribution is 7.90. The predicted octanol–water partition coefficient (Wildman–Crippen LogP) is 4.94. The third kappa shape index (κ3) is 6.23. The number of thiazole rings is 1. The van der Waals surface area contributed by atoms with Crippen LogP contribution in [0, 0.1) is 6.92 Å². The summed E-state index contributed by atoms with van der Waals surface area (Å²) in [4.78, 5) is 24.0. The molecule has 35 heavy (non-hydrogen) atoms. The molecule has 0 aliphatic carbocycles. The van der Waals surface area contributed by atoms with Crippen molar-refractivity contribution in [2.75, 3.05) is 17.8 Å². The summed E-state index contributed by atoms with van der Waals surface area (Å²) in [5, 5.41) is 0.537. The standard InChI is InChI=1S/C26H27N3O4S2/c1-19-13-14-22(33-2)24-25(19)34-26(28-24)29(17-21-11-6-7-15-27-21)23(30)12-8-16-35(31,32)18-20-9-4-3-5-10-20/h3-7,9-11,13-15H,8,12,16-18H2,1-2H3. The lowest BCUT2D eigenvalue weighted by molar-refractivity contribution is -0.118. The maximum Gasteiger partial charge on any atom is 0.229 e. The molecular weight excluding hydrogens is 482 g/mol. The van der Waals surface area contributed by atoms with Crippen LogP contribution in [0.2, 0.25) is 0 Å². The fourth-order valence-corrected chi connectivity index (χ4v) is 6.27. The van der Waals surface area contributed by atoms with Gasteiger partial charge in [-0.25, -0.2) is 13.4 Å². The van der Waals surface area contributed by atoms with Gasteiger partial charge in [0, 0.05) is 12.6 Å². The molecule has 0 N–H and O–H groups in total. The van der Waals surface area contributed by atoms with Crippen LogP contribution < -0.4 is 9.64 Å². The quantitative estimate of drug-likeness (QED) is 0.301. The third-order valence-corrected chi connectivity index (χ3v) is 8.46. The first-order valence-corrected chi connectivity index (χ1v) is 13.9. The van der Waals surface area contributed by atoms with Crippen molar-refractivity contribution in [3.8, 4) is 5.75 Å². The van der Waals surface area contributed by atoms with Crippen molar-refractivity contribution in [3.05, 3.63) is 83.7 Å². The van der Waals surface area contributed by atoms with E-state index in [1.165, 1.54) is 11.3 Å². The number of rotatable bonds is 10. The number of carbonyl (C=O) groups is 1. The summed E-state index contributed by atoms with van der Waals surface area (Å²) < 4.78 is 31.6. The lowest BCUT2D eigenvalue weighted by atomic mass is 10.2. The number of nitrogens with zero attached hydrogens (tertiary/aromatic N) is 3. The zero-order valence-corrected chi connectivity index (χ0v) is 21.3. The summed E-state index contributed by atoms with van der Waals surface area (Å²) in [6, 6.07) is 18.4. The molecule has 2 aromatic heterocycles. The van der Waals surface area contributed by atoms with Crippen LogP contribution in [0.25, 0.3) is 10.2 Å². The average Bonchev–Trinajstić information content (AvgIpc) is 3.30. The van der Waals surface area contributed by atoms with E-state index in [2.05, 4.69) is 4.98 Å². The van der Waals surface area contributed by atoms with Crippen molar-refractivity contribution in [2.24, 2.45) is 0 Å². The van der Waals surface area contributed by atoms with Gasteiger partial charge in [-0.3, -0.25) is 14.7 Å². The maximum atomic E-state index is 13.3. The molecule has 0 bridgehead atoms. The summed E-state index contributed by atoms with van der Waals surface area (Å²) >= 11 is 1.42. The normalized spacial score (nSPS) is 11.5. The number of benzene rings is 2. The lowest BCUT2D eigenvalue weighted by Crippen LogP contribution is -2.31. The number of methoxy groups -OCH3 is 1. The second-order valence-corrected chi connectivity index (χ2v) is 11.4. The van der Waals surface area contributed by atoms with E-state index in [1.54, 1.807) is 30.3 Å². The van der Waals surface area contributed by atoms with Gasteiger partial charge in [-0.1, -0.05) is 53.8 Å². The number of hydrogen-bond donors (Lipinski definition) is 0. The van der Waals surface area contributed by atoms with Crippen molar-refractivity contribution in [3.63, 3.8) is 0 Å². The highest BCUT2D eigenvalue weighted by Crippen LogP contribution is 2.37. The van der Waals surface area contributed by atoms with Crippen molar-refractivity contribution in [2.45, 2.75) is 32.1 Å². The van der Waals surface area contributed by atoms with Crippen LogP contribution in [0.1, 0.15) is 29.7 Å². The van der Waals surface area contributed by atoms with Crippen LogP contribution in [0.5, 0.6) is 5.75 Å². The van der Waals surface area contributed by atoms with Gasteiger partial charge >= 0.3 is 0 Å². The summed E-state index contributed by atoms with van der Waals surface area (Å²) in [5.41, 5.74) is 3.22. The number of ether oxygens (including phenoxy) is 1. The number of sulfone groups is 1. The number of amides is 1. The van der Waals surface area contributed by atoms with Crippen molar-refractivity contribution in [1.29, 1.82) is 0 Å². The number of fused-ring (bicyclic) bond motifs is 1. The smallest absolute Gasteiger partial charge is 0.229 e. The number of anilines is 1. The molecule has 7 nitrogen and oxygen atoms in total. The molecule has 0 saturated carbocycles. The summed E-state index contributed by atoms with van der Waals surface area (Å²) in [6.45, 7) is 2.24. The molecule has 4 aromatic rings. The van der Waals surface area contributed by atoms with Crippen LogP contribution in [0.3, 0.4) is 0 Å². The number of aryl methyl sites for hydroxylation is 1. The molecule has 0 atom stereocenters. The number of pyridine rings is 1. The Labute approximate surface area is 209 Å². The molecule has 1 amide bonds. The van der Waals surface area contributed by atoms with Gasteiger partial charge in [-0.05, 0) is 42.7 Å². The van der Waals surface area contributed by atoms with Crippen LogP contribution in [0.15, 0.2) is 66.9 Å². The Kier molecular flexibility index (Phi) is 7.77. The van der Waals surface area contributed by atoms with E-state index in [1.807, 2.05) is 55.5 Å². The van der Waals surface area contributed by atoms with E-state index in [4.69, 9.17) is 9.72 Å². The Balaban J connectivity index is 1.53. The minimum Gasteiger partial charge on any atom is -0.494 e. The molecule has 0 saturated heterocycles. The van der Waals surface area contributed by atoms with Gasteiger partial charge in [-0.2, -0.15) is 0 Å². The molecule has 4 rings (SSSR count). The SMILES string of the molecule is COc1ccc(C)c2sc(N(Cc3ccccn3)C(=O)CCCS(=O)(=O)Cc3ccccc3)nc12. The number of aromatic nitrogens is 2. The Morgan fingerprint density at radius 2 is 1.83 bits per heavy atom.